The van der Waals surface area contributed by atoms with Crippen LogP contribution in [0.3, 0.4) is 0 Å². The maximum Gasteiger partial charge on any atom is 0.332 e. The van der Waals surface area contributed by atoms with Gasteiger partial charge in [0.05, 0.1) is 32.8 Å². The van der Waals surface area contributed by atoms with Gasteiger partial charge in [0.15, 0.2) is 5.52 Å². The topological polar surface area (TPSA) is 75.4 Å². The van der Waals surface area contributed by atoms with E-state index in [0.717, 1.165) is 16.7 Å². The Kier molecular flexibility index (Phi) is 5.58. The first-order valence-corrected chi connectivity index (χ1v) is 9.86. The minimum atomic E-state index is -0.402. The Bertz CT molecular complexity index is 1330. The van der Waals surface area contributed by atoms with E-state index in [-0.39, 0.29) is 18.6 Å². The Labute approximate surface area is 179 Å². The maximum atomic E-state index is 13.4. The number of ether oxygens (including phenoxy) is 2. The maximum absolute atomic E-state index is 13.4. The number of rotatable bonds is 6. The molecule has 0 unspecified atom stereocenters. The number of aromatic nitrogens is 3. The highest BCUT2D eigenvalue weighted by molar-refractivity contribution is 5.73. The predicted octanol–water partition coefficient (Wildman–Crippen LogP) is 2.98. The highest BCUT2D eigenvalue weighted by Gasteiger charge is 2.15. The Morgan fingerprint density at radius 1 is 0.839 bits per heavy atom. The molecular formula is C24H23N3O4. The summed E-state index contributed by atoms with van der Waals surface area (Å²) in [6, 6.07) is 16.7. The van der Waals surface area contributed by atoms with E-state index < -0.39 is 11.2 Å². The molecule has 0 saturated heterocycles. The number of aryl methyl sites for hydroxylation is 1. The van der Waals surface area contributed by atoms with Crippen molar-refractivity contribution in [1.29, 1.82) is 0 Å². The van der Waals surface area contributed by atoms with Gasteiger partial charge in [-0.25, -0.2) is 9.78 Å². The van der Waals surface area contributed by atoms with Crippen LogP contribution in [0.25, 0.3) is 11.0 Å². The van der Waals surface area contributed by atoms with E-state index in [9.17, 15) is 9.59 Å². The third-order valence-corrected chi connectivity index (χ3v) is 5.20. The average molecular weight is 417 g/mol. The van der Waals surface area contributed by atoms with Crippen molar-refractivity contribution < 1.29 is 9.47 Å². The lowest BCUT2D eigenvalue weighted by atomic mass is 10.1. The minimum Gasteiger partial charge on any atom is -0.497 e. The van der Waals surface area contributed by atoms with Crippen LogP contribution < -0.4 is 20.7 Å². The highest BCUT2D eigenvalue weighted by Crippen LogP contribution is 2.23. The molecule has 0 spiro atoms. The molecule has 4 aromatic rings. The molecule has 0 amide bonds. The fourth-order valence-corrected chi connectivity index (χ4v) is 3.55. The molecule has 0 atom stereocenters. The van der Waals surface area contributed by atoms with Gasteiger partial charge >= 0.3 is 5.69 Å². The second-order valence-electron chi connectivity index (χ2n) is 7.34. The molecule has 2 heterocycles. The van der Waals surface area contributed by atoms with Gasteiger partial charge in [0.2, 0.25) is 0 Å². The number of hydrogen-bond acceptors (Lipinski definition) is 5. The molecule has 0 bridgehead atoms. The van der Waals surface area contributed by atoms with Crippen LogP contribution in [0.1, 0.15) is 16.7 Å². The summed E-state index contributed by atoms with van der Waals surface area (Å²) < 4.78 is 13.5. The lowest BCUT2D eigenvalue weighted by molar-refractivity contribution is 0.393. The molecule has 0 N–H and O–H groups in total. The minimum absolute atomic E-state index is 0.173. The van der Waals surface area contributed by atoms with Gasteiger partial charge in [0, 0.05) is 12.3 Å². The Morgan fingerprint density at radius 2 is 1.48 bits per heavy atom. The van der Waals surface area contributed by atoms with Crippen molar-refractivity contribution in [3.8, 4) is 11.5 Å². The van der Waals surface area contributed by atoms with Gasteiger partial charge in [-0.15, -0.1) is 0 Å². The lowest BCUT2D eigenvalue weighted by Gasteiger charge is -2.15. The van der Waals surface area contributed by atoms with Crippen molar-refractivity contribution in [3.05, 3.63) is 98.3 Å². The highest BCUT2D eigenvalue weighted by atomic mass is 16.5. The summed E-state index contributed by atoms with van der Waals surface area (Å²) >= 11 is 0. The smallest absolute Gasteiger partial charge is 0.332 e. The summed E-state index contributed by atoms with van der Waals surface area (Å²) in [5.41, 5.74) is 2.73. The Hall–Kier alpha value is -3.87. The van der Waals surface area contributed by atoms with Crippen LogP contribution in [0.5, 0.6) is 11.5 Å². The number of methoxy groups -OCH3 is 2. The summed E-state index contributed by atoms with van der Waals surface area (Å²) in [7, 11) is 3.15. The third kappa shape index (κ3) is 4.07. The first kappa shape index (κ1) is 20.4. The molecule has 0 radical (unpaired) electrons. The van der Waals surface area contributed by atoms with Gasteiger partial charge in [-0.05, 0) is 42.3 Å². The zero-order valence-electron chi connectivity index (χ0n) is 17.7. The van der Waals surface area contributed by atoms with E-state index >= 15 is 0 Å². The van der Waals surface area contributed by atoms with Crippen LogP contribution in [0.15, 0.2) is 70.4 Å². The van der Waals surface area contributed by atoms with Gasteiger partial charge in [0.25, 0.3) is 5.56 Å². The second kappa shape index (κ2) is 8.47. The average Bonchev–Trinajstić information content (AvgIpc) is 2.80. The zero-order chi connectivity index (χ0) is 22.0. The SMILES string of the molecule is COc1cc(Cn2c(=O)n(Cc3ccc(C)cc3)c(=O)c3ncccc32)cc(OC)c1. The summed E-state index contributed by atoms with van der Waals surface area (Å²) in [6.07, 6.45) is 1.56. The largest absolute Gasteiger partial charge is 0.497 e. The second-order valence-corrected chi connectivity index (χ2v) is 7.34. The molecule has 31 heavy (non-hydrogen) atoms. The molecule has 7 heteroatoms. The summed E-state index contributed by atoms with van der Waals surface area (Å²) in [5.74, 6) is 1.25. The molecule has 0 aliphatic carbocycles. The number of hydrogen-bond donors (Lipinski definition) is 0. The summed E-state index contributed by atoms with van der Waals surface area (Å²) in [6.45, 7) is 2.40. The molecule has 0 fully saturated rings. The van der Waals surface area contributed by atoms with Gasteiger partial charge in [-0.3, -0.25) is 13.9 Å². The van der Waals surface area contributed by atoms with E-state index in [1.807, 2.05) is 43.3 Å². The van der Waals surface area contributed by atoms with E-state index in [4.69, 9.17) is 9.47 Å². The molecule has 4 rings (SSSR count). The Morgan fingerprint density at radius 3 is 2.13 bits per heavy atom. The number of pyridine rings is 1. The van der Waals surface area contributed by atoms with Crippen molar-refractivity contribution in [2.75, 3.05) is 14.2 Å². The standard InChI is InChI=1S/C24H23N3O4/c1-16-6-8-17(9-7-16)14-27-23(28)22-21(5-4-10-25-22)26(24(27)29)15-18-11-19(30-2)13-20(12-18)31-3/h4-13H,14-15H2,1-3H3. The van der Waals surface area contributed by atoms with Gasteiger partial charge in [0.1, 0.15) is 11.5 Å². The number of benzene rings is 2. The molecule has 0 saturated carbocycles. The number of nitrogens with zero attached hydrogens (tertiary/aromatic N) is 3. The summed E-state index contributed by atoms with van der Waals surface area (Å²) in [4.78, 5) is 30.8. The van der Waals surface area contributed by atoms with Crippen molar-refractivity contribution in [3.63, 3.8) is 0 Å². The molecule has 158 valence electrons. The van der Waals surface area contributed by atoms with Crippen molar-refractivity contribution in [2.45, 2.75) is 20.0 Å². The van der Waals surface area contributed by atoms with Gasteiger partial charge < -0.3 is 9.47 Å². The monoisotopic (exact) mass is 417 g/mol. The van der Waals surface area contributed by atoms with Gasteiger partial charge in [-0.2, -0.15) is 0 Å². The predicted molar refractivity (Wildman–Crippen MR) is 119 cm³/mol. The zero-order valence-corrected chi connectivity index (χ0v) is 17.7. The van der Waals surface area contributed by atoms with Crippen LogP contribution in [-0.2, 0) is 13.1 Å². The molecule has 2 aromatic carbocycles. The van der Waals surface area contributed by atoms with Crippen LogP contribution in [0, 0.1) is 6.92 Å². The van der Waals surface area contributed by atoms with E-state index in [1.54, 1.807) is 43.2 Å². The van der Waals surface area contributed by atoms with Crippen molar-refractivity contribution in [2.24, 2.45) is 0 Å². The Balaban J connectivity index is 1.88. The van der Waals surface area contributed by atoms with Crippen LogP contribution in [0.4, 0.5) is 0 Å². The third-order valence-electron chi connectivity index (χ3n) is 5.20. The van der Waals surface area contributed by atoms with Crippen molar-refractivity contribution >= 4 is 11.0 Å². The molecule has 0 aliphatic rings. The van der Waals surface area contributed by atoms with E-state index in [0.29, 0.717) is 17.0 Å². The van der Waals surface area contributed by atoms with Gasteiger partial charge in [-0.1, -0.05) is 29.8 Å². The normalized spacial score (nSPS) is 10.9. The fourth-order valence-electron chi connectivity index (χ4n) is 3.55. The van der Waals surface area contributed by atoms with Crippen LogP contribution in [-0.4, -0.2) is 28.3 Å². The molecule has 7 nitrogen and oxygen atoms in total. The summed E-state index contributed by atoms with van der Waals surface area (Å²) in [5, 5.41) is 0. The quantitative estimate of drug-likeness (QED) is 0.482. The fraction of sp³-hybridized carbons (Fsp3) is 0.208. The van der Waals surface area contributed by atoms with Crippen LogP contribution >= 0.6 is 0 Å². The van der Waals surface area contributed by atoms with Crippen LogP contribution in [0.2, 0.25) is 0 Å². The van der Waals surface area contributed by atoms with E-state index in [2.05, 4.69) is 4.98 Å². The molecular weight excluding hydrogens is 394 g/mol. The lowest BCUT2D eigenvalue weighted by Crippen LogP contribution is -2.40. The molecule has 2 aromatic heterocycles. The molecule has 0 aliphatic heterocycles. The van der Waals surface area contributed by atoms with Crippen molar-refractivity contribution in [1.82, 2.24) is 14.1 Å². The first-order chi connectivity index (χ1) is 15.0. The number of fused-ring (bicyclic) bond motifs is 1. The first-order valence-electron chi connectivity index (χ1n) is 9.86. The van der Waals surface area contributed by atoms with E-state index in [1.165, 1.54) is 4.57 Å².